The lowest BCUT2D eigenvalue weighted by Crippen LogP contribution is -1.99. The van der Waals surface area contributed by atoms with Gasteiger partial charge >= 0.3 is 0 Å². The molecule has 0 aromatic carbocycles. The van der Waals surface area contributed by atoms with Gasteiger partial charge in [-0.3, -0.25) is 0 Å². The van der Waals surface area contributed by atoms with E-state index in [0.29, 0.717) is 22.7 Å². The summed E-state index contributed by atoms with van der Waals surface area (Å²) in [4.78, 5) is 12.3. The summed E-state index contributed by atoms with van der Waals surface area (Å²) in [5.74, 6) is 0.366. The number of halogens is 1. The first-order valence-electron chi connectivity index (χ1n) is 3.82. The monoisotopic (exact) mass is 211 g/mol. The Morgan fingerprint density at radius 3 is 2.64 bits per heavy atom. The van der Waals surface area contributed by atoms with E-state index in [1.54, 1.807) is 12.3 Å². The van der Waals surface area contributed by atoms with Crippen molar-refractivity contribution in [2.24, 2.45) is 0 Å². The Labute approximate surface area is 87.0 Å². The summed E-state index contributed by atoms with van der Waals surface area (Å²) >= 11 is 0. The molecule has 0 aliphatic carbocycles. The lowest BCUT2D eigenvalue weighted by atomic mass is 10.3. The second-order valence-corrected chi connectivity index (χ2v) is 2.82. The third-order valence-electron chi connectivity index (χ3n) is 1.69. The Kier molecular flexibility index (Phi) is 2.71. The predicted octanol–water partition coefficient (Wildman–Crippen LogP) is 0.919. The van der Waals surface area contributed by atoms with Crippen LogP contribution in [0.4, 0.5) is 11.5 Å². The van der Waals surface area contributed by atoms with Gasteiger partial charge in [-0.05, 0) is 6.92 Å². The number of hydrogen-bond acceptors (Lipinski definition) is 5. The minimum atomic E-state index is 0. The fraction of sp³-hybridized carbons (Fsp3) is 0.125. The quantitative estimate of drug-likeness (QED) is 0.676. The lowest BCUT2D eigenvalue weighted by molar-refractivity contribution is 1.15. The van der Waals surface area contributed by atoms with Gasteiger partial charge in [0.1, 0.15) is 11.3 Å². The molecule has 0 fully saturated rings. The summed E-state index contributed by atoms with van der Waals surface area (Å²) in [5, 5.41) is 0. The molecule has 14 heavy (non-hydrogen) atoms. The number of aryl methyl sites for hydroxylation is 1. The maximum atomic E-state index is 5.68. The average Bonchev–Trinajstić information content (AvgIpc) is 2.02. The van der Waals surface area contributed by atoms with E-state index in [1.807, 2.05) is 6.92 Å². The molecule has 2 aromatic heterocycles. The number of aromatic nitrogens is 3. The van der Waals surface area contributed by atoms with Crippen LogP contribution in [0.15, 0.2) is 12.3 Å². The highest BCUT2D eigenvalue weighted by atomic mass is 35.5. The summed E-state index contributed by atoms with van der Waals surface area (Å²) < 4.78 is 0. The molecule has 0 saturated heterocycles. The van der Waals surface area contributed by atoms with Gasteiger partial charge < -0.3 is 11.5 Å². The number of nitrogen functional groups attached to an aromatic ring is 2. The molecule has 6 heteroatoms. The van der Waals surface area contributed by atoms with Crippen LogP contribution in [0.1, 0.15) is 5.69 Å². The number of fused-ring (bicyclic) bond motifs is 1. The number of pyridine rings is 1. The van der Waals surface area contributed by atoms with E-state index in [1.165, 1.54) is 0 Å². The normalized spacial score (nSPS) is 9.79. The van der Waals surface area contributed by atoms with Crippen molar-refractivity contribution in [3.05, 3.63) is 18.0 Å². The van der Waals surface area contributed by atoms with Gasteiger partial charge in [0.05, 0.1) is 11.4 Å². The van der Waals surface area contributed by atoms with Crippen molar-refractivity contribution in [2.75, 3.05) is 11.5 Å². The van der Waals surface area contributed by atoms with Crippen LogP contribution < -0.4 is 11.5 Å². The SMILES string of the molecule is Cc1cnc2c(N)cc(N)nc2n1.Cl. The summed E-state index contributed by atoms with van der Waals surface area (Å²) in [6.45, 7) is 1.84. The molecule has 0 atom stereocenters. The molecule has 2 aromatic rings. The zero-order valence-corrected chi connectivity index (χ0v) is 8.38. The van der Waals surface area contributed by atoms with Crippen LogP contribution in [0.5, 0.6) is 0 Å². The lowest BCUT2D eigenvalue weighted by Gasteiger charge is -2.01. The third kappa shape index (κ3) is 1.67. The van der Waals surface area contributed by atoms with E-state index in [0.717, 1.165) is 5.69 Å². The molecular weight excluding hydrogens is 202 g/mol. The molecule has 0 aliphatic heterocycles. The molecule has 2 heterocycles. The van der Waals surface area contributed by atoms with Crippen molar-refractivity contribution in [2.45, 2.75) is 6.92 Å². The van der Waals surface area contributed by atoms with E-state index >= 15 is 0 Å². The van der Waals surface area contributed by atoms with Crippen LogP contribution in [0.25, 0.3) is 11.2 Å². The van der Waals surface area contributed by atoms with E-state index < -0.39 is 0 Å². The largest absolute Gasteiger partial charge is 0.397 e. The summed E-state index contributed by atoms with van der Waals surface area (Å²) in [6, 6.07) is 1.58. The van der Waals surface area contributed by atoms with Crippen molar-refractivity contribution in [3.63, 3.8) is 0 Å². The van der Waals surface area contributed by atoms with E-state index in [2.05, 4.69) is 15.0 Å². The maximum Gasteiger partial charge on any atom is 0.182 e. The molecule has 0 bridgehead atoms. The smallest absolute Gasteiger partial charge is 0.182 e. The fourth-order valence-corrected chi connectivity index (χ4v) is 1.13. The van der Waals surface area contributed by atoms with Crippen molar-refractivity contribution < 1.29 is 0 Å². The molecule has 5 nitrogen and oxygen atoms in total. The van der Waals surface area contributed by atoms with E-state index in [4.69, 9.17) is 11.5 Å². The van der Waals surface area contributed by atoms with Gasteiger partial charge in [0.2, 0.25) is 0 Å². The highest BCUT2D eigenvalue weighted by molar-refractivity contribution is 5.85. The zero-order chi connectivity index (χ0) is 9.42. The van der Waals surface area contributed by atoms with Crippen molar-refractivity contribution >= 4 is 35.1 Å². The maximum absolute atomic E-state index is 5.68. The number of rotatable bonds is 0. The van der Waals surface area contributed by atoms with Gasteiger partial charge in [-0.25, -0.2) is 15.0 Å². The summed E-state index contributed by atoms with van der Waals surface area (Å²) in [7, 11) is 0. The predicted molar refractivity (Wildman–Crippen MR) is 58.1 cm³/mol. The number of anilines is 2. The Balaban J connectivity index is 0.000000980. The van der Waals surface area contributed by atoms with Gasteiger partial charge in [-0.2, -0.15) is 0 Å². The summed E-state index contributed by atoms with van der Waals surface area (Å²) in [6.07, 6.45) is 1.65. The fourth-order valence-electron chi connectivity index (χ4n) is 1.13. The zero-order valence-electron chi connectivity index (χ0n) is 7.56. The van der Waals surface area contributed by atoms with Crippen LogP contribution in [0.3, 0.4) is 0 Å². The van der Waals surface area contributed by atoms with Crippen molar-refractivity contribution in [1.29, 1.82) is 0 Å². The van der Waals surface area contributed by atoms with Crippen LogP contribution in [-0.4, -0.2) is 15.0 Å². The molecule has 0 aliphatic rings. The molecule has 2 rings (SSSR count). The highest BCUT2D eigenvalue weighted by Gasteiger charge is 2.03. The number of nitrogens with zero attached hydrogens (tertiary/aromatic N) is 3. The highest BCUT2D eigenvalue weighted by Crippen LogP contribution is 2.17. The number of nitrogens with two attached hydrogens (primary N) is 2. The Hall–Kier alpha value is -1.62. The van der Waals surface area contributed by atoms with E-state index in [9.17, 15) is 0 Å². The molecule has 0 saturated carbocycles. The third-order valence-corrected chi connectivity index (χ3v) is 1.69. The second-order valence-electron chi connectivity index (χ2n) is 2.82. The summed E-state index contributed by atoms with van der Waals surface area (Å²) in [5.41, 5.74) is 13.6. The minimum absolute atomic E-state index is 0. The van der Waals surface area contributed by atoms with Gasteiger partial charge in [-0.1, -0.05) is 0 Å². The Morgan fingerprint density at radius 2 is 1.93 bits per heavy atom. The molecular formula is C8H10ClN5. The van der Waals surface area contributed by atoms with Crippen LogP contribution >= 0.6 is 12.4 Å². The van der Waals surface area contributed by atoms with E-state index in [-0.39, 0.29) is 12.4 Å². The minimum Gasteiger partial charge on any atom is -0.397 e. The van der Waals surface area contributed by atoms with Gasteiger partial charge in [0.25, 0.3) is 0 Å². The molecule has 0 spiro atoms. The van der Waals surface area contributed by atoms with Gasteiger partial charge in [0.15, 0.2) is 5.65 Å². The Bertz CT molecular complexity index is 465. The van der Waals surface area contributed by atoms with Crippen LogP contribution in [0, 0.1) is 6.92 Å². The molecule has 74 valence electrons. The first-order chi connectivity index (χ1) is 6.16. The Morgan fingerprint density at radius 1 is 1.21 bits per heavy atom. The second kappa shape index (κ2) is 3.63. The number of hydrogen-bond donors (Lipinski definition) is 2. The molecule has 0 unspecified atom stereocenters. The first-order valence-corrected chi connectivity index (χ1v) is 3.82. The van der Waals surface area contributed by atoms with Gasteiger partial charge in [-0.15, -0.1) is 12.4 Å². The first kappa shape index (κ1) is 10.5. The van der Waals surface area contributed by atoms with Crippen LogP contribution in [-0.2, 0) is 0 Å². The standard InChI is InChI=1S/C8H9N5.ClH/c1-4-3-11-7-5(9)2-6(10)13-8(7)12-4;/h2-3H,1H3,(H4,9,10,12,13);1H. The van der Waals surface area contributed by atoms with Crippen molar-refractivity contribution in [3.8, 4) is 0 Å². The topological polar surface area (TPSA) is 90.7 Å². The van der Waals surface area contributed by atoms with Gasteiger partial charge in [0, 0.05) is 12.3 Å². The molecule has 4 N–H and O–H groups in total. The molecule has 0 amide bonds. The van der Waals surface area contributed by atoms with Crippen molar-refractivity contribution in [1.82, 2.24) is 15.0 Å². The van der Waals surface area contributed by atoms with Crippen LogP contribution in [0.2, 0.25) is 0 Å². The average molecular weight is 212 g/mol. The molecule has 0 radical (unpaired) electrons.